The van der Waals surface area contributed by atoms with Gasteiger partial charge in [0.1, 0.15) is 0 Å². The minimum Gasteiger partial charge on any atom is -0.396 e. The topological polar surface area (TPSA) is 36.0 Å². The highest BCUT2D eigenvalue weighted by Gasteiger charge is 1.99. The molecule has 0 saturated heterocycles. The van der Waals surface area contributed by atoms with Crippen LogP contribution in [0.1, 0.15) is 5.56 Å². The lowest BCUT2D eigenvalue weighted by Gasteiger charge is -1.99. The van der Waals surface area contributed by atoms with Gasteiger partial charge in [-0.05, 0) is 24.1 Å². The number of aliphatic hydroxyl groups is 1. The fraction of sp³-hybridized carbons (Fsp3) is 0.200. The second-order valence-corrected chi connectivity index (χ2v) is 2.83. The molecule has 12 heavy (non-hydrogen) atoms. The third-order valence-electron chi connectivity index (χ3n) is 2.07. The maximum Gasteiger partial charge on any atom is 0.0471 e. The van der Waals surface area contributed by atoms with Crippen LogP contribution in [0.4, 0.5) is 0 Å². The van der Waals surface area contributed by atoms with Gasteiger partial charge in [-0.3, -0.25) is 0 Å². The number of fused-ring (bicyclic) bond motifs is 1. The van der Waals surface area contributed by atoms with Crippen LogP contribution >= 0.6 is 0 Å². The van der Waals surface area contributed by atoms with Crippen molar-refractivity contribution >= 4 is 10.9 Å². The molecule has 62 valence electrons. The summed E-state index contributed by atoms with van der Waals surface area (Å²) >= 11 is 0. The summed E-state index contributed by atoms with van der Waals surface area (Å²) in [5.41, 5.74) is 2.34. The van der Waals surface area contributed by atoms with Crippen LogP contribution in [0.3, 0.4) is 0 Å². The molecule has 2 N–H and O–H groups in total. The molecule has 0 aliphatic carbocycles. The minimum atomic E-state index is 0.213. The van der Waals surface area contributed by atoms with Gasteiger partial charge in [0.15, 0.2) is 0 Å². The summed E-state index contributed by atoms with van der Waals surface area (Å²) in [6, 6.07) is 8.13. The molecule has 0 aliphatic rings. The first-order valence-electron chi connectivity index (χ1n) is 4.07. The largest absolute Gasteiger partial charge is 0.396 e. The smallest absolute Gasteiger partial charge is 0.0471 e. The molecule has 0 aliphatic heterocycles. The summed E-state index contributed by atoms with van der Waals surface area (Å²) in [7, 11) is 0. The van der Waals surface area contributed by atoms with E-state index in [9.17, 15) is 0 Å². The molecule has 2 rings (SSSR count). The van der Waals surface area contributed by atoms with Gasteiger partial charge in [0, 0.05) is 23.7 Å². The third kappa shape index (κ3) is 1.10. The van der Waals surface area contributed by atoms with Crippen LogP contribution in [0.2, 0.25) is 0 Å². The number of benzene rings is 1. The van der Waals surface area contributed by atoms with Crippen molar-refractivity contribution in [1.29, 1.82) is 0 Å². The van der Waals surface area contributed by atoms with Crippen LogP contribution in [-0.4, -0.2) is 16.7 Å². The Bertz CT molecular complexity index is 378. The fourth-order valence-corrected chi connectivity index (χ4v) is 1.49. The van der Waals surface area contributed by atoms with Crippen molar-refractivity contribution in [2.75, 3.05) is 6.61 Å². The normalized spacial score (nSPS) is 10.8. The van der Waals surface area contributed by atoms with Gasteiger partial charge in [0.25, 0.3) is 0 Å². The number of H-pyrrole nitrogens is 1. The molecule has 0 saturated carbocycles. The van der Waals surface area contributed by atoms with Gasteiger partial charge in [-0.1, -0.05) is 12.1 Å². The minimum absolute atomic E-state index is 0.213. The fourth-order valence-electron chi connectivity index (χ4n) is 1.49. The van der Waals surface area contributed by atoms with E-state index in [1.807, 2.05) is 30.5 Å². The number of aliphatic hydroxyl groups excluding tert-OH is 1. The maximum atomic E-state index is 8.81. The molecule has 0 fully saturated rings. The van der Waals surface area contributed by atoms with E-state index in [1.165, 1.54) is 10.9 Å². The predicted octanol–water partition coefficient (Wildman–Crippen LogP) is 1.70. The molecule has 1 aromatic carbocycles. The maximum absolute atomic E-state index is 8.81. The van der Waals surface area contributed by atoms with E-state index in [4.69, 9.17) is 5.11 Å². The van der Waals surface area contributed by atoms with Crippen LogP contribution in [0.5, 0.6) is 0 Å². The van der Waals surface area contributed by atoms with E-state index in [2.05, 4.69) is 4.98 Å². The van der Waals surface area contributed by atoms with Crippen LogP contribution in [0, 0.1) is 0 Å². The molecule has 0 spiro atoms. The van der Waals surface area contributed by atoms with Crippen LogP contribution in [0.15, 0.2) is 30.5 Å². The molecule has 1 aromatic heterocycles. The molecular weight excluding hydrogens is 150 g/mol. The highest BCUT2D eigenvalue weighted by atomic mass is 16.2. The van der Waals surface area contributed by atoms with Gasteiger partial charge in [0.05, 0.1) is 0 Å². The molecule has 0 amide bonds. The van der Waals surface area contributed by atoms with Crippen molar-refractivity contribution in [3.05, 3.63) is 36.0 Å². The van der Waals surface area contributed by atoms with Crippen molar-refractivity contribution in [2.24, 2.45) is 0 Å². The molecule has 0 unspecified atom stereocenters. The Morgan fingerprint density at radius 1 is 1.25 bits per heavy atom. The molecule has 2 nitrogen and oxygen atoms in total. The summed E-state index contributed by atoms with van der Waals surface area (Å²) in [4.78, 5) is 3.14. The van der Waals surface area contributed by atoms with Gasteiger partial charge in [-0.2, -0.15) is 0 Å². The average molecular weight is 161 g/mol. The van der Waals surface area contributed by atoms with E-state index in [0.717, 1.165) is 11.9 Å². The third-order valence-corrected chi connectivity index (χ3v) is 2.07. The number of rotatable bonds is 2. The lowest BCUT2D eigenvalue weighted by molar-refractivity contribution is 0.300. The Hall–Kier alpha value is -1.28. The average Bonchev–Trinajstić information content (AvgIpc) is 2.53. The number of hydrogen-bond donors (Lipinski definition) is 2. The molecular formula is C10H11NO. The Kier molecular flexibility index (Phi) is 1.84. The van der Waals surface area contributed by atoms with Crippen molar-refractivity contribution < 1.29 is 5.11 Å². The second-order valence-electron chi connectivity index (χ2n) is 2.83. The summed E-state index contributed by atoms with van der Waals surface area (Å²) in [6.07, 6.45) is 2.65. The Labute approximate surface area is 70.8 Å². The van der Waals surface area contributed by atoms with Crippen LogP contribution in [-0.2, 0) is 6.42 Å². The highest BCUT2D eigenvalue weighted by molar-refractivity contribution is 5.82. The van der Waals surface area contributed by atoms with Gasteiger partial charge in [-0.15, -0.1) is 0 Å². The van der Waals surface area contributed by atoms with Crippen molar-refractivity contribution in [2.45, 2.75) is 6.42 Å². The molecule has 1 heterocycles. The predicted molar refractivity (Wildman–Crippen MR) is 49.1 cm³/mol. The highest BCUT2D eigenvalue weighted by Crippen LogP contribution is 2.17. The van der Waals surface area contributed by atoms with Crippen LogP contribution < -0.4 is 0 Å². The Balaban J connectivity index is 2.57. The van der Waals surface area contributed by atoms with Gasteiger partial charge in [-0.25, -0.2) is 0 Å². The zero-order valence-electron chi connectivity index (χ0n) is 6.75. The zero-order valence-corrected chi connectivity index (χ0v) is 6.75. The summed E-state index contributed by atoms with van der Waals surface area (Å²) in [6.45, 7) is 0.213. The first-order valence-corrected chi connectivity index (χ1v) is 4.07. The van der Waals surface area contributed by atoms with E-state index >= 15 is 0 Å². The standard InChI is InChI=1S/C10H11NO/c12-7-5-8-2-1-3-10-9(8)4-6-11-10/h1-4,6,11-12H,5,7H2. The zero-order chi connectivity index (χ0) is 8.39. The number of aromatic nitrogens is 1. The number of hydrogen-bond acceptors (Lipinski definition) is 1. The summed E-state index contributed by atoms with van der Waals surface area (Å²) in [5.74, 6) is 0. The first kappa shape index (κ1) is 7.37. The van der Waals surface area contributed by atoms with Crippen LogP contribution in [0.25, 0.3) is 10.9 Å². The molecule has 2 heteroatoms. The summed E-state index contributed by atoms with van der Waals surface area (Å²) < 4.78 is 0. The monoisotopic (exact) mass is 161 g/mol. The second kappa shape index (κ2) is 2.99. The Morgan fingerprint density at radius 2 is 2.17 bits per heavy atom. The van der Waals surface area contributed by atoms with Gasteiger partial charge in [0.2, 0.25) is 0 Å². The van der Waals surface area contributed by atoms with Crippen molar-refractivity contribution in [3.63, 3.8) is 0 Å². The van der Waals surface area contributed by atoms with Crippen molar-refractivity contribution in [3.8, 4) is 0 Å². The Morgan fingerprint density at radius 3 is 3.00 bits per heavy atom. The number of nitrogens with one attached hydrogen (secondary N) is 1. The molecule has 0 bridgehead atoms. The first-order chi connectivity index (χ1) is 5.92. The lowest BCUT2D eigenvalue weighted by Crippen LogP contribution is -1.90. The SMILES string of the molecule is OCCc1cccc2[nH]ccc12. The van der Waals surface area contributed by atoms with E-state index in [1.54, 1.807) is 0 Å². The van der Waals surface area contributed by atoms with Crippen molar-refractivity contribution in [1.82, 2.24) is 4.98 Å². The lowest BCUT2D eigenvalue weighted by atomic mass is 10.1. The van der Waals surface area contributed by atoms with E-state index in [0.29, 0.717) is 0 Å². The molecule has 0 atom stereocenters. The summed E-state index contributed by atoms with van der Waals surface area (Å²) in [5, 5.41) is 10.0. The van der Waals surface area contributed by atoms with Gasteiger partial charge >= 0.3 is 0 Å². The van der Waals surface area contributed by atoms with E-state index in [-0.39, 0.29) is 6.61 Å². The molecule has 0 radical (unpaired) electrons. The van der Waals surface area contributed by atoms with Gasteiger partial charge < -0.3 is 10.1 Å². The van der Waals surface area contributed by atoms with E-state index < -0.39 is 0 Å². The quantitative estimate of drug-likeness (QED) is 0.691. The molecule has 2 aromatic rings. The number of aromatic amines is 1.